The lowest BCUT2D eigenvalue weighted by Gasteiger charge is -2.14. The van der Waals surface area contributed by atoms with E-state index >= 15 is 0 Å². The van der Waals surface area contributed by atoms with E-state index in [1.54, 1.807) is 6.92 Å². The third-order valence-electron chi connectivity index (χ3n) is 2.56. The van der Waals surface area contributed by atoms with Crippen LogP contribution in [0.1, 0.15) is 12.6 Å². The second-order valence-electron chi connectivity index (χ2n) is 4.00. The zero-order chi connectivity index (χ0) is 12.4. The molecule has 0 radical (unpaired) electrons. The first kappa shape index (κ1) is 11.4. The van der Waals surface area contributed by atoms with E-state index in [1.807, 2.05) is 37.3 Å². The van der Waals surface area contributed by atoms with Gasteiger partial charge < -0.3 is 10.5 Å². The monoisotopic (exact) mass is 229 g/mol. The lowest BCUT2D eigenvalue weighted by Crippen LogP contribution is -2.30. The number of rotatable bonds is 3. The summed E-state index contributed by atoms with van der Waals surface area (Å²) >= 11 is 0. The highest BCUT2D eigenvalue weighted by Crippen LogP contribution is 2.24. The quantitative estimate of drug-likeness (QED) is 0.626. The van der Waals surface area contributed by atoms with Gasteiger partial charge in [0.05, 0.1) is 0 Å². The van der Waals surface area contributed by atoms with Gasteiger partial charge in [0.15, 0.2) is 6.10 Å². The highest BCUT2D eigenvalue weighted by Gasteiger charge is 2.10. The number of fused-ring (bicyclic) bond motifs is 1. The van der Waals surface area contributed by atoms with Gasteiger partial charge in [-0.2, -0.15) is 0 Å². The molecule has 1 heterocycles. The minimum atomic E-state index is -0.442. The Hall–Kier alpha value is -2.10. The molecule has 0 saturated heterocycles. The molecule has 0 saturated carbocycles. The van der Waals surface area contributed by atoms with E-state index in [2.05, 4.69) is 4.98 Å². The lowest BCUT2D eigenvalue weighted by atomic mass is 10.2. The van der Waals surface area contributed by atoms with Gasteiger partial charge in [-0.15, -0.1) is 0 Å². The fourth-order valence-electron chi connectivity index (χ4n) is 1.57. The second kappa shape index (κ2) is 4.41. The van der Waals surface area contributed by atoms with E-state index in [9.17, 15) is 0 Å². The maximum absolute atomic E-state index is 7.33. The molecule has 2 rings (SSSR count). The van der Waals surface area contributed by atoms with Gasteiger partial charge in [0.1, 0.15) is 17.1 Å². The van der Waals surface area contributed by atoms with Crippen LogP contribution in [0.3, 0.4) is 0 Å². The molecule has 4 heteroatoms. The summed E-state index contributed by atoms with van der Waals surface area (Å²) in [6.07, 6.45) is -0.442. The van der Waals surface area contributed by atoms with Gasteiger partial charge in [-0.3, -0.25) is 5.41 Å². The number of amidine groups is 1. The molecule has 1 unspecified atom stereocenters. The summed E-state index contributed by atoms with van der Waals surface area (Å²) in [5.74, 6) is 0.670. The Bertz CT molecular complexity index is 566. The van der Waals surface area contributed by atoms with E-state index < -0.39 is 6.10 Å². The van der Waals surface area contributed by atoms with Crippen LogP contribution in [0.4, 0.5) is 0 Å². The van der Waals surface area contributed by atoms with Crippen molar-refractivity contribution in [3.63, 3.8) is 0 Å². The van der Waals surface area contributed by atoms with Crippen LogP contribution in [0.2, 0.25) is 0 Å². The first-order valence-corrected chi connectivity index (χ1v) is 5.45. The van der Waals surface area contributed by atoms with E-state index in [0.29, 0.717) is 5.75 Å². The van der Waals surface area contributed by atoms with Crippen molar-refractivity contribution in [2.75, 3.05) is 0 Å². The number of nitrogens with two attached hydrogens (primary N) is 1. The summed E-state index contributed by atoms with van der Waals surface area (Å²) in [5.41, 5.74) is 7.14. The molecule has 2 aromatic rings. The summed E-state index contributed by atoms with van der Waals surface area (Å²) in [7, 11) is 0. The largest absolute Gasteiger partial charge is 0.481 e. The Morgan fingerprint density at radius 1 is 1.35 bits per heavy atom. The number of hydrogen-bond donors (Lipinski definition) is 2. The average Bonchev–Trinajstić information content (AvgIpc) is 2.29. The summed E-state index contributed by atoms with van der Waals surface area (Å²) < 4.78 is 5.63. The normalized spacial score (nSPS) is 12.4. The van der Waals surface area contributed by atoms with Gasteiger partial charge in [0.2, 0.25) is 0 Å². The molecule has 0 spiro atoms. The molecule has 3 N–H and O–H groups in total. The van der Waals surface area contributed by atoms with E-state index in [4.69, 9.17) is 15.9 Å². The molecule has 0 aliphatic rings. The summed E-state index contributed by atoms with van der Waals surface area (Å²) in [6.45, 7) is 3.68. The van der Waals surface area contributed by atoms with Crippen LogP contribution in [0.25, 0.3) is 10.9 Å². The van der Waals surface area contributed by atoms with Gasteiger partial charge in [-0.05, 0) is 26.0 Å². The number of aromatic nitrogens is 1. The predicted octanol–water partition coefficient (Wildman–Crippen LogP) is 2.25. The Balaban J connectivity index is 2.46. The molecular formula is C13H15N3O. The molecule has 0 aliphatic carbocycles. The number of pyridine rings is 1. The molecule has 0 bridgehead atoms. The van der Waals surface area contributed by atoms with Crippen LogP contribution in [0.15, 0.2) is 30.3 Å². The fraction of sp³-hybridized carbons (Fsp3) is 0.231. The predicted molar refractivity (Wildman–Crippen MR) is 68.5 cm³/mol. The van der Waals surface area contributed by atoms with Crippen LogP contribution >= 0.6 is 0 Å². The first-order valence-electron chi connectivity index (χ1n) is 5.45. The third-order valence-corrected chi connectivity index (χ3v) is 2.56. The zero-order valence-corrected chi connectivity index (χ0v) is 9.90. The topological polar surface area (TPSA) is 72.0 Å². The van der Waals surface area contributed by atoms with Crippen LogP contribution in [-0.4, -0.2) is 16.9 Å². The second-order valence-corrected chi connectivity index (χ2v) is 4.00. The minimum Gasteiger partial charge on any atom is -0.481 e. The number of nitrogens with one attached hydrogen (secondary N) is 1. The molecule has 0 aliphatic heterocycles. The Morgan fingerprint density at radius 3 is 2.82 bits per heavy atom. The number of aryl methyl sites for hydroxylation is 1. The van der Waals surface area contributed by atoms with Gasteiger partial charge >= 0.3 is 0 Å². The number of hydrogen-bond acceptors (Lipinski definition) is 3. The van der Waals surface area contributed by atoms with Crippen LogP contribution < -0.4 is 10.5 Å². The molecule has 1 atom stereocenters. The molecule has 1 aromatic carbocycles. The van der Waals surface area contributed by atoms with Gasteiger partial charge in [-0.25, -0.2) is 4.98 Å². The van der Waals surface area contributed by atoms with Gasteiger partial charge in [-0.1, -0.05) is 18.2 Å². The van der Waals surface area contributed by atoms with Crippen LogP contribution in [0, 0.1) is 12.3 Å². The van der Waals surface area contributed by atoms with E-state index in [0.717, 1.165) is 16.6 Å². The van der Waals surface area contributed by atoms with Crippen LogP contribution in [0.5, 0.6) is 5.75 Å². The number of nitrogens with zero attached hydrogens (tertiary/aromatic N) is 1. The average molecular weight is 229 g/mol. The number of benzene rings is 1. The Morgan fingerprint density at radius 2 is 2.12 bits per heavy atom. The molecule has 0 amide bonds. The highest BCUT2D eigenvalue weighted by atomic mass is 16.5. The first-order chi connectivity index (χ1) is 8.08. The van der Waals surface area contributed by atoms with Gasteiger partial charge in [0, 0.05) is 11.1 Å². The SMILES string of the molecule is Cc1ccc2cccc(OC(C)C(=N)N)c2n1. The zero-order valence-electron chi connectivity index (χ0n) is 9.90. The minimum absolute atomic E-state index is 0.00894. The van der Waals surface area contributed by atoms with Crippen LogP contribution in [-0.2, 0) is 0 Å². The highest BCUT2D eigenvalue weighted by molar-refractivity contribution is 5.86. The standard InChI is InChI=1S/C13H15N3O/c1-8-6-7-10-4-3-5-11(12(10)16-8)17-9(2)13(14)15/h3-7,9H,1-2H3,(H3,14,15). The summed E-state index contributed by atoms with van der Waals surface area (Å²) in [6, 6.07) is 9.69. The van der Waals surface area contributed by atoms with Crippen molar-refractivity contribution in [1.29, 1.82) is 5.41 Å². The van der Waals surface area contributed by atoms with Crippen molar-refractivity contribution >= 4 is 16.7 Å². The Kier molecular flexibility index (Phi) is 2.95. The third kappa shape index (κ3) is 2.36. The summed E-state index contributed by atoms with van der Waals surface area (Å²) in [4.78, 5) is 4.45. The summed E-state index contributed by atoms with van der Waals surface area (Å²) in [5, 5.41) is 8.35. The number of ether oxygens (including phenoxy) is 1. The molecule has 4 nitrogen and oxygen atoms in total. The van der Waals surface area contributed by atoms with Crippen molar-refractivity contribution in [1.82, 2.24) is 4.98 Å². The maximum Gasteiger partial charge on any atom is 0.152 e. The van der Waals surface area contributed by atoms with Crippen molar-refractivity contribution < 1.29 is 4.74 Å². The van der Waals surface area contributed by atoms with Crippen molar-refractivity contribution in [2.24, 2.45) is 5.73 Å². The maximum atomic E-state index is 7.33. The lowest BCUT2D eigenvalue weighted by molar-refractivity contribution is 0.287. The van der Waals surface area contributed by atoms with Crippen molar-refractivity contribution in [3.05, 3.63) is 36.0 Å². The molecule has 88 valence electrons. The van der Waals surface area contributed by atoms with Crippen molar-refractivity contribution in [3.8, 4) is 5.75 Å². The van der Waals surface area contributed by atoms with E-state index in [-0.39, 0.29) is 5.84 Å². The molecular weight excluding hydrogens is 214 g/mol. The molecule has 17 heavy (non-hydrogen) atoms. The Labute approximate surface area is 99.9 Å². The fourth-order valence-corrected chi connectivity index (χ4v) is 1.57. The molecule has 0 fully saturated rings. The molecule has 1 aromatic heterocycles. The van der Waals surface area contributed by atoms with Gasteiger partial charge in [0.25, 0.3) is 0 Å². The van der Waals surface area contributed by atoms with E-state index in [1.165, 1.54) is 0 Å². The van der Waals surface area contributed by atoms with Crippen molar-refractivity contribution in [2.45, 2.75) is 20.0 Å². The smallest absolute Gasteiger partial charge is 0.152 e. The number of para-hydroxylation sites is 1.